The van der Waals surface area contributed by atoms with E-state index in [1.54, 1.807) is 11.3 Å². The number of anilines is 1. The molecule has 0 bridgehead atoms. The molecule has 0 saturated carbocycles. The second-order valence-corrected chi connectivity index (χ2v) is 6.69. The number of carbonyl (C=O) groups is 1. The molecule has 2 aromatic heterocycles. The molecule has 1 N–H and O–H groups in total. The molecule has 0 unspecified atom stereocenters. The van der Waals surface area contributed by atoms with Gasteiger partial charge in [-0.3, -0.25) is 4.79 Å². The smallest absolute Gasteiger partial charge is 0.227 e. The van der Waals surface area contributed by atoms with Crippen LogP contribution in [-0.4, -0.2) is 16.0 Å². The average molecular weight is 392 g/mol. The summed E-state index contributed by atoms with van der Waals surface area (Å²) in [5.41, 5.74) is 2.81. The average Bonchev–Trinajstić information content (AvgIpc) is 3.18. The summed E-state index contributed by atoms with van der Waals surface area (Å²) >= 11 is 5.02. The van der Waals surface area contributed by atoms with Gasteiger partial charge >= 0.3 is 0 Å². The van der Waals surface area contributed by atoms with Gasteiger partial charge in [-0.1, -0.05) is 11.2 Å². The van der Waals surface area contributed by atoms with Crippen LogP contribution in [0.1, 0.15) is 17.9 Å². The van der Waals surface area contributed by atoms with Crippen LogP contribution in [0.25, 0.3) is 11.4 Å². The van der Waals surface area contributed by atoms with E-state index in [2.05, 4.69) is 31.4 Å². The van der Waals surface area contributed by atoms with Crippen molar-refractivity contribution in [3.63, 3.8) is 0 Å². The lowest BCUT2D eigenvalue weighted by Crippen LogP contribution is -2.12. The van der Waals surface area contributed by atoms with Crippen molar-refractivity contribution in [3.8, 4) is 11.4 Å². The molecule has 1 aromatic carbocycles. The maximum atomic E-state index is 12.0. The Kier molecular flexibility index (Phi) is 4.88. The molecule has 5 nitrogen and oxygen atoms in total. The van der Waals surface area contributed by atoms with Gasteiger partial charge in [0.1, 0.15) is 0 Å². The standard InChI is InChI=1S/C16H14BrN3O2S/c1-10-2-3-13(12(17)8-10)18-14(21)4-5-15-19-16(20-22-15)11-6-7-23-9-11/h2-3,6-9H,4-5H2,1H3,(H,18,21). The van der Waals surface area contributed by atoms with E-state index in [0.717, 1.165) is 21.3 Å². The van der Waals surface area contributed by atoms with Gasteiger partial charge in [-0.05, 0) is 52.0 Å². The molecule has 0 radical (unpaired) electrons. The van der Waals surface area contributed by atoms with Gasteiger partial charge in [0.25, 0.3) is 0 Å². The highest BCUT2D eigenvalue weighted by Crippen LogP contribution is 2.23. The minimum absolute atomic E-state index is 0.0927. The number of hydrogen-bond acceptors (Lipinski definition) is 5. The molecule has 2 heterocycles. The third-order valence-electron chi connectivity index (χ3n) is 3.21. The maximum Gasteiger partial charge on any atom is 0.227 e. The summed E-state index contributed by atoms with van der Waals surface area (Å²) in [6, 6.07) is 7.71. The van der Waals surface area contributed by atoms with Crippen molar-refractivity contribution in [1.82, 2.24) is 10.1 Å². The van der Waals surface area contributed by atoms with Gasteiger partial charge in [-0.25, -0.2) is 0 Å². The number of aryl methyl sites for hydroxylation is 2. The monoisotopic (exact) mass is 391 g/mol. The molecule has 1 amide bonds. The van der Waals surface area contributed by atoms with Crippen LogP contribution in [0, 0.1) is 6.92 Å². The second kappa shape index (κ2) is 7.06. The van der Waals surface area contributed by atoms with E-state index in [-0.39, 0.29) is 12.3 Å². The molecular weight excluding hydrogens is 378 g/mol. The number of amides is 1. The van der Waals surface area contributed by atoms with Crippen molar-refractivity contribution in [2.24, 2.45) is 0 Å². The molecule has 3 aromatic rings. The molecule has 0 spiro atoms. The van der Waals surface area contributed by atoms with Crippen LogP contribution in [-0.2, 0) is 11.2 Å². The van der Waals surface area contributed by atoms with E-state index in [4.69, 9.17) is 4.52 Å². The van der Waals surface area contributed by atoms with E-state index in [1.165, 1.54) is 0 Å². The summed E-state index contributed by atoms with van der Waals surface area (Å²) in [6.45, 7) is 2.00. The maximum absolute atomic E-state index is 12.0. The summed E-state index contributed by atoms with van der Waals surface area (Å²) in [6.07, 6.45) is 0.692. The molecule has 0 aliphatic rings. The highest BCUT2D eigenvalue weighted by Gasteiger charge is 2.12. The fourth-order valence-electron chi connectivity index (χ4n) is 2.02. The molecule has 118 valence electrons. The van der Waals surface area contributed by atoms with Crippen molar-refractivity contribution >= 4 is 38.9 Å². The SMILES string of the molecule is Cc1ccc(NC(=O)CCc2nc(-c3ccsc3)no2)c(Br)c1. The minimum atomic E-state index is -0.0927. The zero-order chi connectivity index (χ0) is 16.2. The Hall–Kier alpha value is -1.99. The Labute approximate surface area is 145 Å². The van der Waals surface area contributed by atoms with Crippen molar-refractivity contribution in [1.29, 1.82) is 0 Å². The predicted molar refractivity (Wildman–Crippen MR) is 93.4 cm³/mol. The van der Waals surface area contributed by atoms with E-state index >= 15 is 0 Å². The highest BCUT2D eigenvalue weighted by atomic mass is 79.9. The number of benzene rings is 1. The lowest BCUT2D eigenvalue weighted by Gasteiger charge is -2.07. The van der Waals surface area contributed by atoms with E-state index in [9.17, 15) is 4.79 Å². The number of rotatable bonds is 5. The first-order valence-electron chi connectivity index (χ1n) is 7.03. The molecule has 0 aliphatic carbocycles. The van der Waals surface area contributed by atoms with Gasteiger partial charge in [-0.2, -0.15) is 16.3 Å². The van der Waals surface area contributed by atoms with Crippen LogP contribution in [0.4, 0.5) is 5.69 Å². The first-order valence-corrected chi connectivity index (χ1v) is 8.76. The van der Waals surface area contributed by atoms with Crippen LogP contribution in [0.2, 0.25) is 0 Å². The van der Waals surface area contributed by atoms with Gasteiger partial charge in [0.2, 0.25) is 17.6 Å². The minimum Gasteiger partial charge on any atom is -0.339 e. The Morgan fingerprint density at radius 1 is 1.39 bits per heavy atom. The zero-order valence-corrected chi connectivity index (χ0v) is 14.8. The molecule has 23 heavy (non-hydrogen) atoms. The van der Waals surface area contributed by atoms with Crippen molar-refractivity contribution in [3.05, 3.63) is 51.0 Å². The number of halogens is 1. The predicted octanol–water partition coefficient (Wildman–Crippen LogP) is 4.44. The summed E-state index contributed by atoms with van der Waals surface area (Å²) in [5, 5.41) is 10.7. The fourth-order valence-corrected chi connectivity index (χ4v) is 3.25. The van der Waals surface area contributed by atoms with Gasteiger partial charge in [0, 0.05) is 28.3 Å². The van der Waals surface area contributed by atoms with Crippen LogP contribution >= 0.6 is 27.3 Å². The molecule has 7 heteroatoms. The Morgan fingerprint density at radius 3 is 3.00 bits per heavy atom. The first-order chi connectivity index (χ1) is 11.1. The van der Waals surface area contributed by atoms with Crippen LogP contribution in [0.15, 0.2) is 44.0 Å². The van der Waals surface area contributed by atoms with E-state index in [1.807, 2.05) is 41.9 Å². The highest BCUT2D eigenvalue weighted by molar-refractivity contribution is 9.10. The number of nitrogens with one attached hydrogen (secondary N) is 1. The second-order valence-electron chi connectivity index (χ2n) is 5.06. The zero-order valence-electron chi connectivity index (χ0n) is 12.4. The molecule has 0 fully saturated rings. The Bertz CT molecular complexity index is 815. The van der Waals surface area contributed by atoms with Crippen LogP contribution < -0.4 is 5.32 Å². The summed E-state index contributed by atoms with van der Waals surface area (Å²) in [7, 11) is 0. The lowest BCUT2D eigenvalue weighted by molar-refractivity contribution is -0.116. The third kappa shape index (κ3) is 4.05. The number of carbonyl (C=O) groups excluding carboxylic acids is 1. The normalized spacial score (nSPS) is 10.7. The molecule has 0 saturated heterocycles. The van der Waals surface area contributed by atoms with Crippen molar-refractivity contribution in [2.45, 2.75) is 19.8 Å². The lowest BCUT2D eigenvalue weighted by atomic mass is 10.2. The van der Waals surface area contributed by atoms with Gasteiger partial charge in [-0.15, -0.1) is 0 Å². The Morgan fingerprint density at radius 2 is 2.26 bits per heavy atom. The summed E-state index contributed by atoms with van der Waals surface area (Å²) in [4.78, 5) is 16.3. The van der Waals surface area contributed by atoms with Crippen LogP contribution in [0.3, 0.4) is 0 Å². The quantitative estimate of drug-likeness (QED) is 0.697. The van der Waals surface area contributed by atoms with Crippen molar-refractivity contribution < 1.29 is 9.32 Å². The summed E-state index contributed by atoms with van der Waals surface area (Å²) < 4.78 is 6.05. The summed E-state index contributed by atoms with van der Waals surface area (Å²) in [5.74, 6) is 0.928. The number of thiophene rings is 1. The van der Waals surface area contributed by atoms with Gasteiger partial charge in [0.15, 0.2) is 0 Å². The van der Waals surface area contributed by atoms with Gasteiger partial charge < -0.3 is 9.84 Å². The fraction of sp³-hybridized carbons (Fsp3) is 0.188. The number of aromatic nitrogens is 2. The largest absolute Gasteiger partial charge is 0.339 e. The van der Waals surface area contributed by atoms with E-state index < -0.39 is 0 Å². The van der Waals surface area contributed by atoms with Crippen molar-refractivity contribution in [2.75, 3.05) is 5.32 Å². The molecular formula is C16H14BrN3O2S. The topological polar surface area (TPSA) is 68.0 Å². The molecule has 0 aliphatic heterocycles. The molecule has 3 rings (SSSR count). The Balaban J connectivity index is 1.57. The molecule has 0 atom stereocenters. The third-order valence-corrected chi connectivity index (χ3v) is 4.55. The number of nitrogens with zero attached hydrogens (tertiary/aromatic N) is 2. The number of hydrogen-bond donors (Lipinski definition) is 1. The van der Waals surface area contributed by atoms with Gasteiger partial charge in [0.05, 0.1) is 5.69 Å². The van der Waals surface area contributed by atoms with E-state index in [0.29, 0.717) is 18.1 Å². The first kappa shape index (κ1) is 15.9. The van der Waals surface area contributed by atoms with Crippen LogP contribution in [0.5, 0.6) is 0 Å².